The largest absolute Gasteiger partial charge is 0.465 e. The summed E-state index contributed by atoms with van der Waals surface area (Å²) in [5, 5.41) is 9.05. The Morgan fingerprint density at radius 2 is 1.93 bits per heavy atom. The second-order valence-electron chi connectivity index (χ2n) is 11.1. The van der Waals surface area contributed by atoms with Crippen molar-refractivity contribution in [2.45, 2.75) is 59.4 Å². The highest BCUT2D eigenvalue weighted by Gasteiger charge is 2.76. The molecule has 4 saturated heterocycles. The monoisotopic (exact) mass is 641 g/mol. The Bertz CT molecular complexity index is 933. The maximum absolute atomic E-state index is 14.5. The molecule has 0 aromatic rings. The van der Waals surface area contributed by atoms with Crippen molar-refractivity contribution < 1.29 is 29.0 Å². The molecule has 1 N–H and O–H groups in total. The van der Waals surface area contributed by atoms with Crippen LogP contribution in [0.3, 0.4) is 0 Å². The van der Waals surface area contributed by atoms with Crippen LogP contribution in [0.5, 0.6) is 0 Å². The number of thioether (sulfide) groups is 1. The zero-order valence-corrected chi connectivity index (χ0v) is 25.8. The van der Waals surface area contributed by atoms with Crippen molar-refractivity contribution in [2.24, 2.45) is 11.8 Å². The molecule has 4 aliphatic heterocycles. The van der Waals surface area contributed by atoms with E-state index < -0.39 is 22.6 Å². The number of unbranched alkanes of at least 4 members (excludes halogenated alkanes) is 3. The van der Waals surface area contributed by atoms with Gasteiger partial charge in [-0.3, -0.25) is 19.3 Å². The normalized spacial score (nSPS) is 31.3. The Balaban J connectivity index is 1.60. The number of carbonyl (C=O) groups excluding carboxylic acids is 3. The predicted molar refractivity (Wildman–Crippen MR) is 159 cm³/mol. The second kappa shape index (κ2) is 14.7. The number of fused-ring (bicyclic) bond motifs is 1. The van der Waals surface area contributed by atoms with Gasteiger partial charge in [0.1, 0.15) is 6.04 Å². The minimum absolute atomic E-state index is 0.0134. The van der Waals surface area contributed by atoms with Crippen molar-refractivity contribution in [3.05, 3.63) is 25.3 Å². The van der Waals surface area contributed by atoms with Gasteiger partial charge in [-0.15, -0.1) is 24.9 Å². The van der Waals surface area contributed by atoms with Crippen molar-refractivity contribution in [3.8, 4) is 0 Å². The minimum Gasteiger partial charge on any atom is -0.465 e. The van der Waals surface area contributed by atoms with Crippen LogP contribution in [0.1, 0.15) is 38.5 Å². The molecule has 4 fully saturated rings. The maximum atomic E-state index is 14.5. The predicted octanol–water partition coefficient (Wildman–Crippen LogP) is 2.47. The van der Waals surface area contributed by atoms with E-state index in [1.807, 2.05) is 4.90 Å². The molecule has 40 heavy (non-hydrogen) atoms. The van der Waals surface area contributed by atoms with Crippen LogP contribution in [-0.2, 0) is 23.9 Å². The lowest BCUT2D eigenvalue weighted by atomic mass is 9.71. The summed E-state index contributed by atoms with van der Waals surface area (Å²) in [6.45, 7) is 13.2. The molecule has 1 spiro atoms. The topological polar surface area (TPSA) is 99.6 Å². The molecule has 0 aromatic heterocycles. The Hall–Kier alpha value is -1.40. The Labute approximate surface area is 250 Å². The van der Waals surface area contributed by atoms with E-state index >= 15 is 0 Å². The number of likely N-dealkylation sites (tertiary alicyclic amines) is 1. The lowest BCUT2D eigenvalue weighted by molar-refractivity contribution is -0.154. The minimum atomic E-state index is -0.682. The molecule has 3 unspecified atom stereocenters. The van der Waals surface area contributed by atoms with E-state index in [1.165, 1.54) is 0 Å². The second-order valence-corrected chi connectivity index (χ2v) is 13.8. The number of ether oxygens (including phenoxy) is 2. The highest BCUT2D eigenvalue weighted by Crippen LogP contribution is 2.68. The molecule has 2 amide bonds. The lowest BCUT2D eigenvalue weighted by Gasteiger charge is -2.38. The van der Waals surface area contributed by atoms with E-state index in [1.54, 1.807) is 28.8 Å². The van der Waals surface area contributed by atoms with E-state index in [9.17, 15) is 14.4 Å². The molecular weight excluding hydrogens is 598 g/mol. The van der Waals surface area contributed by atoms with Crippen molar-refractivity contribution in [1.82, 2.24) is 14.7 Å². The Morgan fingerprint density at radius 3 is 2.62 bits per heavy atom. The van der Waals surface area contributed by atoms with Gasteiger partial charge < -0.3 is 24.4 Å². The number of hydrogen-bond donors (Lipinski definition) is 1. The first-order valence-electron chi connectivity index (χ1n) is 14.6. The van der Waals surface area contributed by atoms with Gasteiger partial charge in [-0.1, -0.05) is 40.9 Å². The van der Waals surface area contributed by atoms with Crippen molar-refractivity contribution in [1.29, 1.82) is 0 Å². The Morgan fingerprint density at radius 1 is 1.18 bits per heavy atom. The molecule has 6 atom stereocenters. The number of carbonyl (C=O) groups is 3. The van der Waals surface area contributed by atoms with Crippen LogP contribution in [0.15, 0.2) is 25.3 Å². The summed E-state index contributed by atoms with van der Waals surface area (Å²) < 4.78 is 10.4. The van der Waals surface area contributed by atoms with Gasteiger partial charge in [0.05, 0.1) is 36.4 Å². The van der Waals surface area contributed by atoms with Crippen LogP contribution in [0, 0.1) is 11.8 Å². The summed E-state index contributed by atoms with van der Waals surface area (Å²) in [7, 11) is 0. The number of morpholine rings is 1. The number of esters is 1. The van der Waals surface area contributed by atoms with Crippen molar-refractivity contribution >= 4 is 45.5 Å². The molecule has 4 heterocycles. The molecule has 0 saturated carbocycles. The molecule has 11 heteroatoms. The zero-order valence-electron chi connectivity index (χ0n) is 23.4. The fourth-order valence-corrected chi connectivity index (χ4v) is 10.3. The summed E-state index contributed by atoms with van der Waals surface area (Å²) in [6.07, 6.45) is 7.85. The molecule has 4 rings (SSSR count). The van der Waals surface area contributed by atoms with Crippen LogP contribution in [0.2, 0.25) is 0 Å². The van der Waals surface area contributed by atoms with E-state index in [4.69, 9.17) is 14.6 Å². The molecule has 4 aliphatic rings. The van der Waals surface area contributed by atoms with Crippen molar-refractivity contribution in [2.75, 3.05) is 65.7 Å². The molecular formula is C29H44BrN3O6S. The van der Waals surface area contributed by atoms with Gasteiger partial charge in [0.15, 0.2) is 0 Å². The van der Waals surface area contributed by atoms with Crippen LogP contribution < -0.4 is 0 Å². The van der Waals surface area contributed by atoms with Gasteiger partial charge in [-0.05, 0) is 25.7 Å². The van der Waals surface area contributed by atoms with Crippen LogP contribution in [0.25, 0.3) is 0 Å². The smallest absolute Gasteiger partial charge is 0.310 e. The summed E-state index contributed by atoms with van der Waals surface area (Å²) in [6, 6.07) is -0.645. The van der Waals surface area contributed by atoms with Gasteiger partial charge in [0.25, 0.3) is 0 Å². The number of amides is 2. The molecule has 2 bridgehead atoms. The number of alkyl halides is 1. The number of nitrogens with zero attached hydrogens (tertiary/aromatic N) is 3. The molecule has 0 aliphatic carbocycles. The van der Waals surface area contributed by atoms with Gasteiger partial charge in [-0.25, -0.2) is 0 Å². The van der Waals surface area contributed by atoms with Gasteiger partial charge in [0.2, 0.25) is 11.8 Å². The summed E-state index contributed by atoms with van der Waals surface area (Å²) in [4.78, 5) is 47.9. The quantitative estimate of drug-likeness (QED) is 0.119. The molecule has 0 radical (unpaired) electrons. The highest BCUT2D eigenvalue weighted by atomic mass is 79.9. The lowest BCUT2D eigenvalue weighted by Crippen LogP contribution is -2.56. The highest BCUT2D eigenvalue weighted by molar-refractivity contribution is 9.09. The van der Waals surface area contributed by atoms with Crippen molar-refractivity contribution in [3.63, 3.8) is 0 Å². The third-order valence-corrected chi connectivity index (χ3v) is 11.8. The van der Waals surface area contributed by atoms with E-state index in [0.717, 1.165) is 45.3 Å². The number of halogens is 1. The van der Waals surface area contributed by atoms with Crippen LogP contribution in [0.4, 0.5) is 0 Å². The fourth-order valence-electron chi connectivity index (χ4n) is 6.71. The Kier molecular flexibility index (Phi) is 11.6. The first-order chi connectivity index (χ1) is 19.4. The van der Waals surface area contributed by atoms with Crippen LogP contribution >= 0.6 is 27.7 Å². The molecule has 9 nitrogen and oxygen atoms in total. The zero-order chi connectivity index (χ0) is 28.7. The third-order valence-electron chi connectivity index (χ3n) is 8.62. The van der Waals surface area contributed by atoms with Gasteiger partial charge in [0, 0.05) is 56.0 Å². The number of hydrogen-bond acceptors (Lipinski definition) is 8. The fraction of sp³-hybridized carbons (Fsp3) is 0.759. The van der Waals surface area contributed by atoms with E-state index in [2.05, 4.69) is 34.0 Å². The molecule has 224 valence electrons. The number of rotatable bonds is 16. The number of aliphatic hydroxyl groups excluding tert-OH is 1. The summed E-state index contributed by atoms with van der Waals surface area (Å²) in [5.41, 5.74) is 0. The van der Waals surface area contributed by atoms with E-state index in [-0.39, 0.29) is 41.1 Å². The summed E-state index contributed by atoms with van der Waals surface area (Å²) in [5.74, 6) is -1.68. The third kappa shape index (κ3) is 6.48. The van der Waals surface area contributed by atoms with Gasteiger partial charge >= 0.3 is 5.97 Å². The summed E-state index contributed by atoms with van der Waals surface area (Å²) >= 11 is 5.45. The first-order valence-corrected chi connectivity index (χ1v) is 16.4. The van der Waals surface area contributed by atoms with Crippen LogP contribution in [-0.4, -0.2) is 124 Å². The van der Waals surface area contributed by atoms with E-state index in [0.29, 0.717) is 45.7 Å². The SMILES string of the molecule is C=CCCOC(=O)[C@H]1[C@H]2C(=O)N(CCCCCCO)C(C(=O)N(CC=C)CCN3CCOCC3)C23CC(Br)[C@@H]1S3. The molecule has 0 aromatic carbocycles. The standard InChI is InChI=1S/C29H44BrN3O6S/c1-3-5-17-39-28(37)22-23-26(35)33(11-8-6-7-9-16-34)25(29(23)20-21(30)24(22)40-29)27(36)32(10-4-2)13-12-31-14-18-38-19-15-31/h3-4,21-25,34H,1-2,5-20H2/t21?,22-,23-,24-,25?,29?/m0/s1. The average molecular weight is 643 g/mol. The van der Waals surface area contributed by atoms with Gasteiger partial charge in [-0.2, -0.15) is 0 Å². The first kappa shape index (κ1) is 31.5. The average Bonchev–Trinajstić information content (AvgIpc) is 3.54. The maximum Gasteiger partial charge on any atom is 0.310 e. The number of aliphatic hydroxyl groups is 1.